The van der Waals surface area contributed by atoms with Crippen molar-refractivity contribution < 1.29 is 23.8 Å². The van der Waals surface area contributed by atoms with Gasteiger partial charge >= 0.3 is 5.97 Å². The van der Waals surface area contributed by atoms with Gasteiger partial charge in [-0.3, -0.25) is 9.59 Å². The Kier molecular flexibility index (Phi) is 4.39. The van der Waals surface area contributed by atoms with Crippen molar-refractivity contribution in [3.05, 3.63) is 41.7 Å². The number of carbonyl (C=O) groups is 2. The molecule has 5 heteroatoms. The van der Waals surface area contributed by atoms with Crippen molar-refractivity contribution >= 4 is 17.5 Å². The first-order valence-corrected chi connectivity index (χ1v) is 4.79. The zero-order chi connectivity index (χ0) is 12.8. The molecule has 0 aromatic heterocycles. The Morgan fingerprint density at radius 3 is 2.47 bits per heavy atom. The van der Waals surface area contributed by atoms with Crippen LogP contribution in [0.5, 0.6) is 0 Å². The number of esters is 1. The van der Waals surface area contributed by atoms with Gasteiger partial charge in [0.15, 0.2) is 5.78 Å². The maximum atomic E-state index is 12.6. The van der Waals surface area contributed by atoms with E-state index < -0.39 is 24.0 Å². The monoisotopic (exact) mass is 238 g/mol. The van der Waals surface area contributed by atoms with Crippen molar-refractivity contribution in [3.63, 3.8) is 0 Å². The normalized spacial score (nSPS) is 11.1. The van der Waals surface area contributed by atoms with E-state index in [1.54, 1.807) is 0 Å². The molecule has 0 atom stereocenters. The van der Waals surface area contributed by atoms with E-state index in [0.29, 0.717) is 5.56 Å². The average Bonchev–Trinajstić information content (AvgIpc) is 2.29. The van der Waals surface area contributed by atoms with Crippen molar-refractivity contribution in [1.29, 1.82) is 0 Å². The highest BCUT2D eigenvalue weighted by atomic mass is 19.1. The number of methoxy groups -OCH3 is 1. The van der Waals surface area contributed by atoms with E-state index in [4.69, 9.17) is 0 Å². The first-order chi connectivity index (χ1) is 8.02. The molecule has 17 heavy (non-hydrogen) atoms. The summed E-state index contributed by atoms with van der Waals surface area (Å²) in [5.74, 6) is -2.03. The van der Waals surface area contributed by atoms with E-state index >= 15 is 0 Å². The third-order valence-corrected chi connectivity index (χ3v) is 1.98. The number of ketones is 1. The predicted octanol–water partition coefficient (Wildman–Crippen LogP) is 1.86. The number of aliphatic hydroxyl groups is 1. The molecule has 1 aromatic carbocycles. The molecule has 0 bridgehead atoms. The van der Waals surface area contributed by atoms with Crippen LogP contribution in [0.1, 0.15) is 12.0 Å². The van der Waals surface area contributed by atoms with Gasteiger partial charge < -0.3 is 9.84 Å². The summed E-state index contributed by atoms with van der Waals surface area (Å²) in [5, 5.41) is 9.53. The van der Waals surface area contributed by atoms with Crippen molar-refractivity contribution in [1.82, 2.24) is 0 Å². The quantitative estimate of drug-likeness (QED) is 0.376. The SMILES string of the molecule is COC(=O)CC(=O)/C=C(\O)c1ccc(F)cc1. The van der Waals surface area contributed by atoms with Gasteiger partial charge in [-0.1, -0.05) is 0 Å². The predicted molar refractivity (Wildman–Crippen MR) is 58.6 cm³/mol. The topological polar surface area (TPSA) is 63.6 Å². The Labute approximate surface area is 97.3 Å². The lowest BCUT2D eigenvalue weighted by Gasteiger charge is -2.00. The van der Waals surface area contributed by atoms with Gasteiger partial charge in [-0.05, 0) is 24.3 Å². The van der Waals surface area contributed by atoms with Gasteiger partial charge in [0.05, 0.1) is 7.11 Å². The van der Waals surface area contributed by atoms with Crippen molar-refractivity contribution in [2.45, 2.75) is 6.42 Å². The molecule has 90 valence electrons. The van der Waals surface area contributed by atoms with E-state index in [2.05, 4.69) is 4.74 Å². The highest BCUT2D eigenvalue weighted by molar-refractivity contribution is 6.04. The van der Waals surface area contributed by atoms with E-state index in [0.717, 1.165) is 18.2 Å². The maximum absolute atomic E-state index is 12.6. The highest BCUT2D eigenvalue weighted by Gasteiger charge is 2.09. The van der Waals surface area contributed by atoms with Crippen LogP contribution in [0.2, 0.25) is 0 Å². The molecule has 0 radical (unpaired) electrons. The summed E-state index contributed by atoms with van der Waals surface area (Å²) < 4.78 is 16.9. The van der Waals surface area contributed by atoms with Gasteiger partial charge in [-0.25, -0.2) is 4.39 Å². The van der Waals surface area contributed by atoms with E-state index in [9.17, 15) is 19.1 Å². The van der Waals surface area contributed by atoms with Gasteiger partial charge in [-0.15, -0.1) is 0 Å². The van der Waals surface area contributed by atoms with Crippen LogP contribution in [0.25, 0.3) is 5.76 Å². The zero-order valence-electron chi connectivity index (χ0n) is 9.14. The molecule has 1 rings (SSSR count). The third kappa shape index (κ3) is 4.06. The lowest BCUT2D eigenvalue weighted by atomic mass is 10.1. The second-order valence-corrected chi connectivity index (χ2v) is 3.26. The number of halogens is 1. The minimum absolute atomic E-state index is 0.296. The van der Waals surface area contributed by atoms with Crippen molar-refractivity contribution in [2.75, 3.05) is 7.11 Å². The highest BCUT2D eigenvalue weighted by Crippen LogP contribution is 2.12. The molecule has 1 N–H and O–H groups in total. The standard InChI is InChI=1S/C12H11FO4/c1-17-12(16)7-10(14)6-11(15)8-2-4-9(13)5-3-8/h2-6,15H,7H2,1H3/b11-6-. The van der Waals surface area contributed by atoms with Gasteiger partial charge in [0.2, 0.25) is 0 Å². The van der Waals surface area contributed by atoms with E-state index in [1.807, 2.05) is 0 Å². The summed E-state index contributed by atoms with van der Waals surface area (Å²) in [6.07, 6.45) is 0.464. The Balaban J connectivity index is 2.75. The van der Waals surface area contributed by atoms with Crippen LogP contribution in [0.15, 0.2) is 30.3 Å². The van der Waals surface area contributed by atoms with Gasteiger partial charge in [-0.2, -0.15) is 0 Å². The molecule has 0 saturated carbocycles. The minimum Gasteiger partial charge on any atom is -0.507 e. The van der Waals surface area contributed by atoms with Crippen LogP contribution in [0.3, 0.4) is 0 Å². The molecular formula is C12H11FO4. The molecule has 1 aromatic rings. The molecular weight excluding hydrogens is 227 g/mol. The number of rotatable bonds is 4. The largest absolute Gasteiger partial charge is 0.507 e. The van der Waals surface area contributed by atoms with Crippen molar-refractivity contribution in [2.24, 2.45) is 0 Å². The van der Waals surface area contributed by atoms with E-state index in [-0.39, 0.29) is 5.76 Å². The average molecular weight is 238 g/mol. The summed E-state index contributed by atoms with van der Waals surface area (Å²) in [5.41, 5.74) is 0.296. The molecule has 0 aliphatic heterocycles. The fraction of sp³-hybridized carbons (Fsp3) is 0.167. The second kappa shape index (κ2) is 5.79. The molecule has 0 amide bonds. The Morgan fingerprint density at radius 2 is 1.94 bits per heavy atom. The summed E-state index contributed by atoms with van der Waals surface area (Å²) in [7, 11) is 1.17. The number of hydrogen-bond acceptors (Lipinski definition) is 4. The molecule has 0 aliphatic carbocycles. The van der Waals surface area contributed by atoms with Gasteiger partial charge in [0.25, 0.3) is 0 Å². The van der Waals surface area contributed by atoms with Crippen LogP contribution in [0, 0.1) is 5.82 Å². The molecule has 0 fully saturated rings. The Morgan fingerprint density at radius 1 is 1.35 bits per heavy atom. The van der Waals surface area contributed by atoms with Crippen LogP contribution < -0.4 is 0 Å². The fourth-order valence-electron chi connectivity index (χ4n) is 1.12. The first kappa shape index (κ1) is 12.9. The lowest BCUT2D eigenvalue weighted by molar-refractivity contribution is -0.142. The van der Waals surface area contributed by atoms with Crippen LogP contribution in [-0.2, 0) is 14.3 Å². The molecule has 0 heterocycles. The van der Waals surface area contributed by atoms with Gasteiger partial charge in [0, 0.05) is 11.6 Å². The second-order valence-electron chi connectivity index (χ2n) is 3.26. The number of carbonyl (C=O) groups excluding carboxylic acids is 2. The maximum Gasteiger partial charge on any atom is 0.313 e. The van der Waals surface area contributed by atoms with Gasteiger partial charge in [0.1, 0.15) is 18.0 Å². The minimum atomic E-state index is -0.682. The molecule has 4 nitrogen and oxygen atoms in total. The molecule has 0 aliphatic rings. The molecule has 0 spiro atoms. The number of ether oxygens (including phenoxy) is 1. The first-order valence-electron chi connectivity index (χ1n) is 4.79. The summed E-state index contributed by atoms with van der Waals surface area (Å²) in [6, 6.07) is 4.97. The van der Waals surface area contributed by atoms with Crippen LogP contribution in [-0.4, -0.2) is 24.0 Å². The smallest absolute Gasteiger partial charge is 0.313 e. The Bertz CT molecular complexity index is 448. The zero-order valence-corrected chi connectivity index (χ0v) is 9.14. The fourth-order valence-corrected chi connectivity index (χ4v) is 1.12. The molecule has 0 unspecified atom stereocenters. The summed E-state index contributed by atoms with van der Waals surface area (Å²) in [6.45, 7) is 0. The number of benzene rings is 1. The number of aliphatic hydroxyl groups excluding tert-OH is 1. The number of hydrogen-bond donors (Lipinski definition) is 1. The summed E-state index contributed by atoms with van der Waals surface area (Å²) >= 11 is 0. The molecule has 0 saturated heterocycles. The third-order valence-electron chi connectivity index (χ3n) is 1.98. The summed E-state index contributed by atoms with van der Waals surface area (Å²) in [4.78, 5) is 22.0. The van der Waals surface area contributed by atoms with E-state index in [1.165, 1.54) is 19.2 Å². The van der Waals surface area contributed by atoms with Crippen LogP contribution in [0.4, 0.5) is 4.39 Å². The number of allylic oxidation sites excluding steroid dienone is 1. The lowest BCUT2D eigenvalue weighted by Crippen LogP contribution is -2.07. The van der Waals surface area contributed by atoms with Crippen molar-refractivity contribution in [3.8, 4) is 0 Å². The van der Waals surface area contributed by atoms with Crippen LogP contribution >= 0.6 is 0 Å². The Hall–Kier alpha value is -2.17.